The number of fused-ring (bicyclic) bond motifs is 2. The average Bonchev–Trinajstić information content (AvgIpc) is 3.38. The summed E-state index contributed by atoms with van der Waals surface area (Å²) in [6, 6.07) is 8.40. The number of aromatic nitrogens is 5. The van der Waals surface area contributed by atoms with E-state index in [1.165, 1.54) is 24.9 Å². The molecule has 0 aliphatic carbocycles. The summed E-state index contributed by atoms with van der Waals surface area (Å²) < 4.78 is 1.87. The first-order valence-electron chi connectivity index (χ1n) is 11.2. The number of nitrogens with zero attached hydrogens (tertiary/aromatic N) is 6. The standard InChI is InChI=1S/C23H31N7O/c1-15-7-8-19-16(12-15)13-18(22(31)24-19)20(21-25-26-27-30(21)23(2,3)4)29-11-10-28-9-5-6-17(28)14-29/h7-8,12-13,17,20H,5-6,9-11,14H2,1-4H3,(H,24,31). The number of hydrogen-bond donors (Lipinski definition) is 1. The van der Waals surface area contributed by atoms with E-state index in [-0.39, 0.29) is 17.1 Å². The van der Waals surface area contributed by atoms with E-state index >= 15 is 0 Å². The van der Waals surface area contributed by atoms with Gasteiger partial charge in [0.25, 0.3) is 5.56 Å². The van der Waals surface area contributed by atoms with E-state index in [0.717, 1.165) is 36.4 Å². The van der Waals surface area contributed by atoms with Gasteiger partial charge in [-0.3, -0.25) is 14.6 Å². The van der Waals surface area contributed by atoms with Crippen LogP contribution in [0.3, 0.4) is 0 Å². The van der Waals surface area contributed by atoms with Crippen molar-refractivity contribution in [3.05, 3.63) is 51.6 Å². The zero-order chi connectivity index (χ0) is 21.8. The lowest BCUT2D eigenvalue weighted by Crippen LogP contribution is -2.52. The van der Waals surface area contributed by atoms with Crippen LogP contribution in [0.5, 0.6) is 0 Å². The Morgan fingerprint density at radius 2 is 2.00 bits per heavy atom. The molecule has 8 heteroatoms. The van der Waals surface area contributed by atoms with E-state index in [1.54, 1.807) is 0 Å². The second-order valence-electron chi connectivity index (χ2n) is 9.99. The fourth-order valence-corrected chi connectivity index (χ4v) is 5.14. The predicted molar refractivity (Wildman–Crippen MR) is 120 cm³/mol. The molecule has 1 aromatic carbocycles. The fraction of sp³-hybridized carbons (Fsp3) is 0.565. The maximum Gasteiger partial charge on any atom is 0.253 e. The van der Waals surface area contributed by atoms with Crippen LogP contribution in [0, 0.1) is 6.92 Å². The molecule has 1 N–H and O–H groups in total. The van der Waals surface area contributed by atoms with E-state index in [4.69, 9.17) is 0 Å². The minimum atomic E-state index is -0.286. The van der Waals surface area contributed by atoms with Gasteiger partial charge in [-0.1, -0.05) is 11.6 Å². The summed E-state index contributed by atoms with van der Waals surface area (Å²) in [6.07, 6.45) is 2.46. The van der Waals surface area contributed by atoms with Crippen molar-refractivity contribution in [2.75, 3.05) is 26.2 Å². The van der Waals surface area contributed by atoms with Crippen LogP contribution in [-0.4, -0.2) is 67.2 Å². The third-order valence-corrected chi connectivity index (χ3v) is 6.68. The molecular formula is C23H31N7O. The molecule has 0 radical (unpaired) electrons. The fourth-order valence-electron chi connectivity index (χ4n) is 5.14. The zero-order valence-electron chi connectivity index (χ0n) is 18.8. The van der Waals surface area contributed by atoms with Crippen LogP contribution >= 0.6 is 0 Å². The van der Waals surface area contributed by atoms with Crippen molar-refractivity contribution in [3.8, 4) is 0 Å². The molecule has 164 valence electrons. The summed E-state index contributed by atoms with van der Waals surface area (Å²) >= 11 is 0. The molecule has 0 bridgehead atoms. The molecule has 2 aliphatic heterocycles. The number of aryl methyl sites for hydroxylation is 1. The maximum atomic E-state index is 13.3. The number of benzene rings is 1. The van der Waals surface area contributed by atoms with E-state index in [9.17, 15) is 4.79 Å². The van der Waals surface area contributed by atoms with Gasteiger partial charge in [-0.15, -0.1) is 5.10 Å². The molecule has 5 rings (SSSR count). The zero-order valence-corrected chi connectivity index (χ0v) is 18.8. The monoisotopic (exact) mass is 421 g/mol. The molecule has 2 unspecified atom stereocenters. The van der Waals surface area contributed by atoms with Crippen LogP contribution in [0.25, 0.3) is 10.9 Å². The lowest BCUT2D eigenvalue weighted by molar-refractivity contribution is 0.0772. The Bertz CT molecular complexity index is 1160. The van der Waals surface area contributed by atoms with E-state index in [0.29, 0.717) is 11.6 Å². The number of hydrogen-bond acceptors (Lipinski definition) is 6. The Kier molecular flexibility index (Phi) is 4.94. The highest BCUT2D eigenvalue weighted by molar-refractivity contribution is 5.79. The average molecular weight is 422 g/mol. The van der Waals surface area contributed by atoms with Gasteiger partial charge in [-0.25, -0.2) is 4.68 Å². The third kappa shape index (κ3) is 3.68. The quantitative estimate of drug-likeness (QED) is 0.699. The molecule has 0 amide bonds. The van der Waals surface area contributed by atoms with Gasteiger partial charge < -0.3 is 4.98 Å². The largest absolute Gasteiger partial charge is 0.322 e. The normalized spacial score (nSPS) is 21.5. The Hall–Kier alpha value is -2.58. The number of tetrazole rings is 1. The van der Waals surface area contributed by atoms with Crippen LogP contribution in [0.4, 0.5) is 0 Å². The number of H-pyrrole nitrogens is 1. The van der Waals surface area contributed by atoms with E-state index in [2.05, 4.69) is 64.1 Å². The third-order valence-electron chi connectivity index (χ3n) is 6.68. The highest BCUT2D eigenvalue weighted by Gasteiger charge is 2.38. The first-order chi connectivity index (χ1) is 14.8. The Morgan fingerprint density at radius 1 is 1.16 bits per heavy atom. The summed E-state index contributed by atoms with van der Waals surface area (Å²) in [4.78, 5) is 21.4. The topological polar surface area (TPSA) is 82.9 Å². The molecule has 2 atom stereocenters. The molecule has 31 heavy (non-hydrogen) atoms. The SMILES string of the molecule is Cc1ccc2[nH]c(=O)c(C(c3nnnn3C(C)(C)C)N3CCN4CCCC4C3)cc2c1. The second kappa shape index (κ2) is 7.53. The summed E-state index contributed by atoms with van der Waals surface area (Å²) in [7, 11) is 0. The summed E-state index contributed by atoms with van der Waals surface area (Å²) in [6.45, 7) is 12.4. The van der Waals surface area contributed by atoms with Crippen molar-refractivity contribution < 1.29 is 0 Å². The van der Waals surface area contributed by atoms with Gasteiger partial charge in [0.15, 0.2) is 5.82 Å². The molecule has 4 heterocycles. The van der Waals surface area contributed by atoms with Gasteiger partial charge in [-0.2, -0.15) is 0 Å². The number of nitrogens with one attached hydrogen (secondary N) is 1. The number of rotatable bonds is 3. The van der Waals surface area contributed by atoms with Gasteiger partial charge in [0, 0.05) is 36.8 Å². The predicted octanol–water partition coefficient (Wildman–Crippen LogP) is 2.45. The van der Waals surface area contributed by atoms with Crippen LogP contribution in [0.2, 0.25) is 0 Å². The van der Waals surface area contributed by atoms with Crippen molar-refractivity contribution >= 4 is 10.9 Å². The summed E-state index contributed by atoms with van der Waals surface area (Å²) in [5.74, 6) is 0.733. The molecule has 2 saturated heterocycles. The summed E-state index contributed by atoms with van der Waals surface area (Å²) in [5.41, 5.74) is 2.38. The molecule has 0 saturated carbocycles. The van der Waals surface area contributed by atoms with Gasteiger partial charge in [-0.05, 0) is 81.1 Å². The first kappa shape index (κ1) is 20.3. The minimum absolute atomic E-state index is 0.0707. The molecule has 8 nitrogen and oxygen atoms in total. The Labute approximate surface area is 182 Å². The van der Waals surface area contributed by atoms with Crippen molar-refractivity contribution in [1.29, 1.82) is 0 Å². The van der Waals surface area contributed by atoms with Crippen LogP contribution in [-0.2, 0) is 5.54 Å². The Balaban J connectivity index is 1.66. The molecule has 2 fully saturated rings. The number of piperazine rings is 1. The highest BCUT2D eigenvalue weighted by atomic mass is 16.1. The summed E-state index contributed by atoms with van der Waals surface area (Å²) in [5, 5.41) is 13.8. The number of aromatic amines is 1. The lowest BCUT2D eigenvalue weighted by Gasteiger charge is -2.41. The van der Waals surface area contributed by atoms with Crippen LogP contribution in [0.1, 0.15) is 56.6 Å². The van der Waals surface area contributed by atoms with Gasteiger partial charge in [0.2, 0.25) is 0 Å². The lowest BCUT2D eigenvalue weighted by atomic mass is 9.99. The molecule has 3 aromatic rings. The van der Waals surface area contributed by atoms with Gasteiger partial charge in [0.1, 0.15) is 6.04 Å². The van der Waals surface area contributed by atoms with E-state index < -0.39 is 0 Å². The highest BCUT2D eigenvalue weighted by Crippen LogP contribution is 2.33. The first-order valence-corrected chi connectivity index (χ1v) is 11.2. The minimum Gasteiger partial charge on any atom is -0.322 e. The smallest absolute Gasteiger partial charge is 0.253 e. The van der Waals surface area contributed by atoms with Crippen molar-refractivity contribution in [3.63, 3.8) is 0 Å². The van der Waals surface area contributed by atoms with Gasteiger partial charge in [0.05, 0.1) is 5.54 Å². The van der Waals surface area contributed by atoms with Crippen molar-refractivity contribution in [2.45, 2.75) is 58.2 Å². The Morgan fingerprint density at radius 3 is 2.81 bits per heavy atom. The maximum absolute atomic E-state index is 13.3. The van der Waals surface area contributed by atoms with E-state index in [1.807, 2.05) is 22.9 Å². The van der Waals surface area contributed by atoms with Crippen molar-refractivity contribution in [1.82, 2.24) is 35.0 Å². The van der Waals surface area contributed by atoms with Crippen LogP contribution < -0.4 is 5.56 Å². The molecule has 2 aliphatic rings. The number of pyridine rings is 1. The van der Waals surface area contributed by atoms with Crippen molar-refractivity contribution in [2.24, 2.45) is 0 Å². The van der Waals surface area contributed by atoms with Crippen LogP contribution in [0.15, 0.2) is 29.1 Å². The molecule has 0 spiro atoms. The molecule has 2 aromatic heterocycles. The molecular weight excluding hydrogens is 390 g/mol. The second-order valence-corrected chi connectivity index (χ2v) is 9.99. The van der Waals surface area contributed by atoms with Gasteiger partial charge >= 0.3 is 0 Å².